The zero-order chi connectivity index (χ0) is 11.5. The van der Waals surface area contributed by atoms with Crippen molar-refractivity contribution in [1.82, 2.24) is 0 Å². The summed E-state index contributed by atoms with van der Waals surface area (Å²) in [5, 5.41) is 0. The normalized spacial score (nSPS) is 13.2. The van der Waals surface area contributed by atoms with Crippen LogP contribution in [0.3, 0.4) is 0 Å². The van der Waals surface area contributed by atoms with E-state index in [1.165, 1.54) is 16.7 Å². The van der Waals surface area contributed by atoms with Gasteiger partial charge in [0.25, 0.3) is 0 Å². The van der Waals surface area contributed by atoms with Crippen LogP contribution in [0, 0.1) is 6.92 Å². The molecule has 1 aromatic carbocycles. The van der Waals surface area contributed by atoms with E-state index in [1.807, 2.05) is 6.92 Å². The monoisotopic (exact) mass is 216 g/mol. The fourth-order valence-corrected chi connectivity index (χ4v) is 2.05. The Morgan fingerprint density at radius 3 is 3.00 bits per heavy atom. The number of carbonyl (C=O) groups is 1. The highest BCUT2D eigenvalue weighted by molar-refractivity contribution is 5.87. The molecule has 16 heavy (non-hydrogen) atoms. The van der Waals surface area contributed by atoms with E-state index in [1.54, 1.807) is 0 Å². The number of hydrogen-bond donors (Lipinski definition) is 0. The van der Waals surface area contributed by atoms with Crippen molar-refractivity contribution in [2.75, 3.05) is 6.61 Å². The van der Waals surface area contributed by atoms with Crippen LogP contribution >= 0.6 is 0 Å². The first-order valence-corrected chi connectivity index (χ1v) is 5.65. The van der Waals surface area contributed by atoms with E-state index in [4.69, 9.17) is 4.74 Å². The highest BCUT2D eigenvalue weighted by atomic mass is 16.5. The van der Waals surface area contributed by atoms with Crippen LogP contribution in [0.1, 0.15) is 30.0 Å². The summed E-state index contributed by atoms with van der Waals surface area (Å²) in [5.74, 6) is -0.136. The van der Waals surface area contributed by atoms with Crippen LogP contribution < -0.4 is 0 Å². The van der Waals surface area contributed by atoms with E-state index in [9.17, 15) is 4.79 Å². The molecule has 0 N–H and O–H groups in total. The van der Waals surface area contributed by atoms with Gasteiger partial charge in [-0.05, 0) is 37.0 Å². The quantitative estimate of drug-likeness (QED) is 0.726. The molecule has 0 saturated heterocycles. The van der Waals surface area contributed by atoms with Crippen LogP contribution in [0.4, 0.5) is 0 Å². The molecule has 1 aliphatic rings. The maximum atomic E-state index is 11.4. The Kier molecular flexibility index (Phi) is 3.09. The second kappa shape index (κ2) is 4.52. The lowest BCUT2D eigenvalue weighted by Crippen LogP contribution is -2.04. The highest BCUT2D eigenvalue weighted by Crippen LogP contribution is 2.30. The molecule has 0 radical (unpaired) electrons. The third kappa shape index (κ3) is 2.16. The number of esters is 1. The second-order valence-electron chi connectivity index (χ2n) is 4.08. The van der Waals surface area contributed by atoms with Crippen molar-refractivity contribution in [3.8, 4) is 0 Å². The van der Waals surface area contributed by atoms with Crippen molar-refractivity contribution in [2.24, 2.45) is 0 Å². The Morgan fingerprint density at radius 1 is 1.44 bits per heavy atom. The van der Waals surface area contributed by atoms with E-state index in [-0.39, 0.29) is 5.97 Å². The van der Waals surface area contributed by atoms with Gasteiger partial charge in [0.05, 0.1) is 13.0 Å². The molecule has 0 atom stereocenters. The van der Waals surface area contributed by atoms with Gasteiger partial charge in [0.2, 0.25) is 0 Å². The van der Waals surface area contributed by atoms with E-state index in [0.717, 1.165) is 12.0 Å². The molecule has 2 rings (SSSR count). The van der Waals surface area contributed by atoms with E-state index >= 15 is 0 Å². The zero-order valence-corrected chi connectivity index (χ0v) is 9.75. The summed E-state index contributed by atoms with van der Waals surface area (Å²) >= 11 is 0. The molecule has 0 spiro atoms. The number of rotatable bonds is 3. The van der Waals surface area contributed by atoms with Crippen LogP contribution in [0.5, 0.6) is 0 Å². The van der Waals surface area contributed by atoms with E-state index in [0.29, 0.717) is 13.0 Å². The molecule has 0 bridgehead atoms. The van der Waals surface area contributed by atoms with Gasteiger partial charge in [0, 0.05) is 0 Å². The number of benzene rings is 1. The number of fused-ring (bicyclic) bond motifs is 1. The first-order valence-electron chi connectivity index (χ1n) is 5.65. The molecule has 0 saturated carbocycles. The Balaban J connectivity index is 2.16. The Bertz CT molecular complexity index is 444. The fraction of sp³-hybridized carbons (Fsp3) is 0.357. The summed E-state index contributed by atoms with van der Waals surface area (Å²) < 4.78 is 4.97. The molecule has 0 amide bonds. The molecule has 84 valence electrons. The molecule has 0 unspecified atom stereocenters. The third-order valence-corrected chi connectivity index (χ3v) is 2.82. The Labute approximate surface area is 95.9 Å². The molecule has 1 aliphatic carbocycles. The van der Waals surface area contributed by atoms with Gasteiger partial charge in [-0.15, -0.1) is 0 Å². The largest absolute Gasteiger partial charge is 0.466 e. The number of allylic oxidation sites excluding steroid dienone is 1. The minimum atomic E-state index is -0.136. The smallest absolute Gasteiger partial charge is 0.310 e. The van der Waals surface area contributed by atoms with E-state index < -0.39 is 0 Å². The SMILES string of the molecule is CCOC(=O)CC1=CCc2ccc(C)cc21. The average molecular weight is 216 g/mol. The van der Waals surface area contributed by atoms with Gasteiger partial charge in [-0.2, -0.15) is 0 Å². The molecule has 2 heteroatoms. The standard InChI is InChI=1S/C14H16O2/c1-3-16-14(15)9-12-7-6-11-5-4-10(2)8-13(11)12/h4-5,7-8H,3,6,9H2,1-2H3. The Morgan fingerprint density at radius 2 is 2.25 bits per heavy atom. The molecule has 2 nitrogen and oxygen atoms in total. The lowest BCUT2D eigenvalue weighted by atomic mass is 10.0. The van der Waals surface area contributed by atoms with Gasteiger partial charge in [-0.25, -0.2) is 0 Å². The van der Waals surface area contributed by atoms with Crippen LogP contribution in [0.25, 0.3) is 5.57 Å². The van der Waals surface area contributed by atoms with Gasteiger partial charge in [0.1, 0.15) is 0 Å². The minimum absolute atomic E-state index is 0.136. The van der Waals surface area contributed by atoms with Crippen LogP contribution in [-0.4, -0.2) is 12.6 Å². The average Bonchev–Trinajstić information content (AvgIpc) is 2.61. The van der Waals surface area contributed by atoms with Gasteiger partial charge in [0.15, 0.2) is 0 Å². The summed E-state index contributed by atoms with van der Waals surface area (Å²) in [6.45, 7) is 4.35. The fourth-order valence-electron chi connectivity index (χ4n) is 2.05. The van der Waals surface area contributed by atoms with Crippen LogP contribution in [0.15, 0.2) is 24.3 Å². The summed E-state index contributed by atoms with van der Waals surface area (Å²) in [4.78, 5) is 11.4. The summed E-state index contributed by atoms with van der Waals surface area (Å²) in [7, 11) is 0. The number of hydrogen-bond acceptors (Lipinski definition) is 2. The second-order valence-corrected chi connectivity index (χ2v) is 4.08. The summed E-state index contributed by atoms with van der Waals surface area (Å²) in [5.41, 5.74) is 4.87. The minimum Gasteiger partial charge on any atom is -0.466 e. The lowest BCUT2D eigenvalue weighted by molar-refractivity contribution is -0.141. The number of carbonyl (C=O) groups excluding carboxylic acids is 1. The highest BCUT2D eigenvalue weighted by Gasteiger charge is 2.16. The van der Waals surface area contributed by atoms with Crippen LogP contribution in [-0.2, 0) is 16.0 Å². The first kappa shape index (κ1) is 10.9. The molecule has 0 aliphatic heterocycles. The topological polar surface area (TPSA) is 26.3 Å². The lowest BCUT2D eigenvalue weighted by Gasteiger charge is -2.06. The van der Waals surface area contributed by atoms with Crippen molar-refractivity contribution in [2.45, 2.75) is 26.7 Å². The molecule has 0 aromatic heterocycles. The van der Waals surface area contributed by atoms with Crippen LogP contribution in [0.2, 0.25) is 0 Å². The third-order valence-electron chi connectivity index (χ3n) is 2.82. The van der Waals surface area contributed by atoms with Crippen molar-refractivity contribution in [3.05, 3.63) is 41.0 Å². The molecular formula is C14H16O2. The Hall–Kier alpha value is -1.57. The zero-order valence-electron chi connectivity index (χ0n) is 9.75. The summed E-state index contributed by atoms with van der Waals surface area (Å²) in [6.07, 6.45) is 3.45. The maximum absolute atomic E-state index is 11.4. The molecule has 1 aromatic rings. The van der Waals surface area contributed by atoms with Gasteiger partial charge >= 0.3 is 5.97 Å². The maximum Gasteiger partial charge on any atom is 0.310 e. The van der Waals surface area contributed by atoms with E-state index in [2.05, 4.69) is 31.2 Å². The van der Waals surface area contributed by atoms with Crippen molar-refractivity contribution < 1.29 is 9.53 Å². The molecular weight excluding hydrogens is 200 g/mol. The predicted molar refractivity (Wildman–Crippen MR) is 64.1 cm³/mol. The molecule has 0 fully saturated rings. The van der Waals surface area contributed by atoms with Crippen molar-refractivity contribution in [1.29, 1.82) is 0 Å². The predicted octanol–water partition coefficient (Wildman–Crippen LogP) is 2.89. The number of ether oxygens (including phenoxy) is 1. The van der Waals surface area contributed by atoms with Crippen molar-refractivity contribution in [3.63, 3.8) is 0 Å². The summed E-state index contributed by atoms with van der Waals surface area (Å²) in [6, 6.07) is 6.40. The van der Waals surface area contributed by atoms with Gasteiger partial charge < -0.3 is 4.74 Å². The van der Waals surface area contributed by atoms with Crippen molar-refractivity contribution >= 4 is 11.5 Å². The van der Waals surface area contributed by atoms with Gasteiger partial charge in [-0.1, -0.05) is 29.8 Å². The van der Waals surface area contributed by atoms with Gasteiger partial charge in [-0.3, -0.25) is 4.79 Å². The number of aryl methyl sites for hydroxylation is 1. The first-order chi connectivity index (χ1) is 7.70. The molecule has 0 heterocycles.